The lowest BCUT2D eigenvalue weighted by Gasteiger charge is -1.98. The third-order valence-corrected chi connectivity index (χ3v) is 3.92. The number of aryl methyl sites for hydroxylation is 1. The van der Waals surface area contributed by atoms with Gasteiger partial charge in [-0.3, -0.25) is 0 Å². The Bertz CT molecular complexity index is 639. The van der Waals surface area contributed by atoms with Gasteiger partial charge in [-0.05, 0) is 24.3 Å². The van der Waals surface area contributed by atoms with E-state index in [1.54, 1.807) is 0 Å². The van der Waals surface area contributed by atoms with Gasteiger partial charge in [-0.2, -0.15) is 0 Å². The molecule has 0 saturated carbocycles. The molecule has 0 aliphatic carbocycles. The molecule has 16 heavy (non-hydrogen) atoms. The SMILES string of the molecule is Cn1c2cc(Br)ccc2c2ccc(Br)cc21. The first kappa shape index (κ1) is 10.4. The maximum absolute atomic E-state index is 3.52. The Balaban J connectivity index is 2.59. The van der Waals surface area contributed by atoms with Crippen molar-refractivity contribution < 1.29 is 0 Å². The van der Waals surface area contributed by atoms with Crippen LogP contribution in [0.3, 0.4) is 0 Å². The fraction of sp³-hybridized carbons (Fsp3) is 0.0769. The number of halogens is 2. The summed E-state index contributed by atoms with van der Waals surface area (Å²) in [5.41, 5.74) is 2.50. The summed E-state index contributed by atoms with van der Waals surface area (Å²) < 4.78 is 4.45. The lowest BCUT2D eigenvalue weighted by atomic mass is 10.2. The van der Waals surface area contributed by atoms with Gasteiger partial charge in [0.05, 0.1) is 0 Å². The van der Waals surface area contributed by atoms with Crippen LogP contribution in [0.25, 0.3) is 21.8 Å². The van der Waals surface area contributed by atoms with E-state index in [4.69, 9.17) is 0 Å². The Kier molecular flexibility index (Phi) is 2.33. The van der Waals surface area contributed by atoms with Gasteiger partial charge in [-0.15, -0.1) is 0 Å². The Morgan fingerprint density at radius 1 is 0.812 bits per heavy atom. The van der Waals surface area contributed by atoms with Crippen LogP contribution in [0.1, 0.15) is 0 Å². The molecular formula is C13H9Br2N. The molecule has 0 N–H and O–H groups in total. The third kappa shape index (κ3) is 1.42. The van der Waals surface area contributed by atoms with Crippen molar-refractivity contribution in [2.75, 3.05) is 0 Å². The Morgan fingerprint density at radius 2 is 1.25 bits per heavy atom. The Labute approximate surface area is 110 Å². The third-order valence-electron chi connectivity index (χ3n) is 2.93. The van der Waals surface area contributed by atoms with Crippen molar-refractivity contribution >= 4 is 53.7 Å². The highest BCUT2D eigenvalue weighted by Crippen LogP contribution is 2.31. The number of benzene rings is 2. The standard InChI is InChI=1S/C13H9Br2N/c1-16-12-6-8(14)2-4-10(12)11-5-3-9(15)7-13(11)16/h2-7H,1H3. The van der Waals surface area contributed by atoms with Crippen molar-refractivity contribution in [1.29, 1.82) is 0 Å². The zero-order valence-electron chi connectivity index (χ0n) is 8.67. The fourth-order valence-corrected chi connectivity index (χ4v) is 2.85. The summed E-state index contributed by atoms with van der Waals surface area (Å²) in [6, 6.07) is 12.8. The lowest BCUT2D eigenvalue weighted by Crippen LogP contribution is -1.85. The van der Waals surface area contributed by atoms with Gasteiger partial charge < -0.3 is 4.57 Å². The number of hydrogen-bond acceptors (Lipinski definition) is 0. The summed E-state index contributed by atoms with van der Waals surface area (Å²) in [4.78, 5) is 0. The number of fused-ring (bicyclic) bond motifs is 3. The number of rotatable bonds is 0. The predicted molar refractivity (Wildman–Crippen MR) is 75.8 cm³/mol. The first-order valence-corrected chi connectivity index (χ1v) is 6.58. The zero-order valence-corrected chi connectivity index (χ0v) is 11.8. The molecule has 0 saturated heterocycles. The van der Waals surface area contributed by atoms with Gasteiger partial charge in [0.1, 0.15) is 0 Å². The molecule has 0 unspecified atom stereocenters. The highest BCUT2D eigenvalue weighted by atomic mass is 79.9. The molecule has 0 radical (unpaired) electrons. The Hall–Kier alpha value is -0.800. The fourth-order valence-electron chi connectivity index (χ4n) is 2.15. The van der Waals surface area contributed by atoms with Crippen molar-refractivity contribution in [2.24, 2.45) is 7.05 Å². The molecule has 3 rings (SSSR count). The van der Waals surface area contributed by atoms with Crippen LogP contribution >= 0.6 is 31.9 Å². The molecule has 3 aromatic rings. The molecule has 0 aliphatic rings. The van der Waals surface area contributed by atoms with Crippen LogP contribution in [0.4, 0.5) is 0 Å². The van der Waals surface area contributed by atoms with E-state index < -0.39 is 0 Å². The summed E-state index contributed by atoms with van der Waals surface area (Å²) >= 11 is 7.03. The van der Waals surface area contributed by atoms with E-state index in [1.165, 1.54) is 21.8 Å². The van der Waals surface area contributed by atoms with Crippen molar-refractivity contribution in [3.8, 4) is 0 Å². The normalized spacial score (nSPS) is 11.4. The second-order valence-corrected chi connectivity index (χ2v) is 5.71. The molecule has 0 spiro atoms. The van der Waals surface area contributed by atoms with E-state index >= 15 is 0 Å². The molecule has 2 aromatic carbocycles. The van der Waals surface area contributed by atoms with E-state index in [9.17, 15) is 0 Å². The van der Waals surface area contributed by atoms with Crippen LogP contribution in [0, 0.1) is 0 Å². The maximum Gasteiger partial charge on any atom is 0.0500 e. The molecule has 1 aromatic heterocycles. The molecule has 0 bridgehead atoms. The second-order valence-electron chi connectivity index (χ2n) is 3.88. The van der Waals surface area contributed by atoms with E-state index in [2.05, 4.69) is 79.9 Å². The average Bonchev–Trinajstić information content (AvgIpc) is 2.53. The van der Waals surface area contributed by atoms with Crippen LogP contribution in [0.2, 0.25) is 0 Å². The zero-order chi connectivity index (χ0) is 11.3. The lowest BCUT2D eigenvalue weighted by molar-refractivity contribution is 1.01. The summed E-state index contributed by atoms with van der Waals surface area (Å²) in [5, 5.41) is 2.60. The molecule has 3 heteroatoms. The summed E-state index contributed by atoms with van der Waals surface area (Å²) in [5.74, 6) is 0. The number of aromatic nitrogens is 1. The average molecular weight is 339 g/mol. The van der Waals surface area contributed by atoms with Crippen LogP contribution < -0.4 is 0 Å². The second kappa shape index (κ2) is 3.60. The van der Waals surface area contributed by atoms with E-state index in [0.717, 1.165) is 8.95 Å². The number of hydrogen-bond donors (Lipinski definition) is 0. The monoisotopic (exact) mass is 337 g/mol. The highest BCUT2D eigenvalue weighted by molar-refractivity contribution is 9.10. The topological polar surface area (TPSA) is 4.93 Å². The van der Waals surface area contributed by atoms with Crippen molar-refractivity contribution in [3.05, 3.63) is 45.3 Å². The van der Waals surface area contributed by atoms with Crippen LogP contribution in [0.5, 0.6) is 0 Å². The molecule has 0 amide bonds. The maximum atomic E-state index is 3.52. The van der Waals surface area contributed by atoms with E-state index in [1.807, 2.05) is 0 Å². The predicted octanol–water partition coefficient (Wildman–Crippen LogP) is 4.86. The van der Waals surface area contributed by atoms with Crippen LogP contribution in [-0.2, 0) is 7.05 Å². The largest absolute Gasteiger partial charge is 0.344 e. The van der Waals surface area contributed by atoms with Gasteiger partial charge in [0.2, 0.25) is 0 Å². The van der Waals surface area contributed by atoms with Gasteiger partial charge in [0, 0.05) is 37.8 Å². The van der Waals surface area contributed by atoms with Crippen molar-refractivity contribution in [1.82, 2.24) is 4.57 Å². The van der Waals surface area contributed by atoms with Crippen LogP contribution in [-0.4, -0.2) is 4.57 Å². The molecular weight excluding hydrogens is 330 g/mol. The van der Waals surface area contributed by atoms with Crippen molar-refractivity contribution in [2.45, 2.75) is 0 Å². The van der Waals surface area contributed by atoms with Gasteiger partial charge in [0.25, 0.3) is 0 Å². The van der Waals surface area contributed by atoms with E-state index in [0.29, 0.717) is 0 Å². The quantitative estimate of drug-likeness (QED) is 0.551. The van der Waals surface area contributed by atoms with Crippen molar-refractivity contribution in [3.63, 3.8) is 0 Å². The van der Waals surface area contributed by atoms with Gasteiger partial charge in [0.15, 0.2) is 0 Å². The highest BCUT2D eigenvalue weighted by Gasteiger charge is 2.08. The minimum atomic E-state index is 1.12. The summed E-state index contributed by atoms with van der Waals surface area (Å²) in [6.45, 7) is 0. The number of nitrogens with zero attached hydrogens (tertiary/aromatic N) is 1. The summed E-state index contributed by atoms with van der Waals surface area (Å²) in [6.07, 6.45) is 0. The van der Waals surface area contributed by atoms with E-state index in [-0.39, 0.29) is 0 Å². The minimum absolute atomic E-state index is 1.12. The molecule has 0 fully saturated rings. The first-order valence-electron chi connectivity index (χ1n) is 5.00. The molecule has 1 heterocycles. The minimum Gasteiger partial charge on any atom is -0.344 e. The molecule has 1 nitrogen and oxygen atoms in total. The van der Waals surface area contributed by atoms with Gasteiger partial charge in [-0.1, -0.05) is 44.0 Å². The molecule has 0 atom stereocenters. The first-order chi connectivity index (χ1) is 7.66. The molecule has 80 valence electrons. The van der Waals surface area contributed by atoms with Gasteiger partial charge in [-0.25, -0.2) is 0 Å². The smallest absolute Gasteiger partial charge is 0.0500 e. The Morgan fingerprint density at radius 3 is 1.69 bits per heavy atom. The van der Waals surface area contributed by atoms with Gasteiger partial charge >= 0.3 is 0 Å². The summed E-state index contributed by atoms with van der Waals surface area (Å²) in [7, 11) is 2.10. The molecule has 0 aliphatic heterocycles. The van der Waals surface area contributed by atoms with Crippen LogP contribution in [0.15, 0.2) is 45.3 Å².